The molecule has 0 spiro atoms. The molecule has 6 nitrogen and oxygen atoms in total. The molecule has 1 heterocycles. The molecule has 1 aliphatic rings. The van der Waals surface area contributed by atoms with Gasteiger partial charge in [0, 0.05) is 43.5 Å². The Kier molecular flexibility index (Phi) is 6.05. The number of amides is 1. The Morgan fingerprint density at radius 2 is 1.86 bits per heavy atom. The van der Waals surface area contributed by atoms with Crippen molar-refractivity contribution in [3.63, 3.8) is 0 Å². The zero-order chi connectivity index (χ0) is 20.3. The van der Waals surface area contributed by atoms with Gasteiger partial charge in [0.15, 0.2) is 0 Å². The number of likely N-dealkylation sites (tertiary alicyclic amines) is 1. The van der Waals surface area contributed by atoms with Crippen molar-refractivity contribution >= 4 is 21.6 Å². The lowest BCUT2D eigenvalue weighted by Crippen LogP contribution is -2.34. The second-order valence-corrected chi connectivity index (χ2v) is 9.39. The molecule has 0 saturated carbocycles. The smallest absolute Gasteiger partial charge is 0.253 e. The van der Waals surface area contributed by atoms with Gasteiger partial charge in [-0.05, 0) is 50.6 Å². The van der Waals surface area contributed by atoms with Crippen molar-refractivity contribution in [2.75, 3.05) is 25.5 Å². The Balaban J connectivity index is 1.72. The number of nitrogens with zero attached hydrogens (tertiary/aromatic N) is 2. The maximum atomic E-state index is 12.9. The van der Waals surface area contributed by atoms with Crippen molar-refractivity contribution in [1.29, 1.82) is 0 Å². The van der Waals surface area contributed by atoms with E-state index in [1.807, 2.05) is 44.2 Å². The number of anilines is 1. The fourth-order valence-corrected chi connectivity index (χ4v) is 4.66. The maximum Gasteiger partial charge on any atom is 0.253 e. The molecule has 1 unspecified atom stereocenters. The molecule has 0 aromatic heterocycles. The van der Waals surface area contributed by atoms with Gasteiger partial charge in [0.2, 0.25) is 10.0 Å². The Labute approximate surface area is 167 Å². The lowest BCUT2D eigenvalue weighted by atomic mass is 10.2. The largest absolute Gasteiger partial charge is 0.380 e. The Hall–Kier alpha value is -2.38. The minimum Gasteiger partial charge on any atom is -0.380 e. The number of para-hydroxylation sites is 1. The number of carbonyl (C=O) groups is 1. The average molecular weight is 402 g/mol. The van der Waals surface area contributed by atoms with Crippen LogP contribution in [0, 0.1) is 0 Å². The standard InChI is InChI=1S/C21H27N3O3S/c1-16(2)23(3)28(26,27)20-11-7-8-17(14-20)21(25)24-13-12-19(15-24)22-18-9-5-4-6-10-18/h4-11,14,16,19,22H,12-13,15H2,1-3H3. The minimum atomic E-state index is -3.62. The molecule has 2 aromatic carbocycles. The number of hydrogen-bond acceptors (Lipinski definition) is 4. The molecule has 0 radical (unpaired) electrons. The van der Waals surface area contributed by atoms with E-state index in [0.717, 1.165) is 12.1 Å². The van der Waals surface area contributed by atoms with Gasteiger partial charge in [0.05, 0.1) is 4.90 Å². The van der Waals surface area contributed by atoms with Gasteiger partial charge in [-0.3, -0.25) is 4.79 Å². The third-order valence-corrected chi connectivity index (χ3v) is 7.13. The van der Waals surface area contributed by atoms with Gasteiger partial charge in [0.1, 0.15) is 0 Å². The number of rotatable bonds is 6. The first-order valence-corrected chi connectivity index (χ1v) is 10.9. The van der Waals surface area contributed by atoms with E-state index in [9.17, 15) is 13.2 Å². The van der Waals surface area contributed by atoms with Crippen LogP contribution in [0.25, 0.3) is 0 Å². The molecule has 1 atom stereocenters. The average Bonchev–Trinajstić information content (AvgIpc) is 3.16. The highest BCUT2D eigenvalue weighted by atomic mass is 32.2. The van der Waals surface area contributed by atoms with Gasteiger partial charge in [-0.1, -0.05) is 24.3 Å². The Bertz CT molecular complexity index is 929. The van der Waals surface area contributed by atoms with Crippen LogP contribution in [-0.4, -0.2) is 55.8 Å². The van der Waals surface area contributed by atoms with E-state index in [4.69, 9.17) is 0 Å². The SMILES string of the molecule is CC(C)N(C)S(=O)(=O)c1cccc(C(=O)N2CCC(Nc3ccccc3)C2)c1. The summed E-state index contributed by atoms with van der Waals surface area (Å²) < 4.78 is 26.7. The number of benzene rings is 2. The monoisotopic (exact) mass is 401 g/mol. The van der Waals surface area contributed by atoms with E-state index < -0.39 is 10.0 Å². The molecule has 28 heavy (non-hydrogen) atoms. The molecule has 3 rings (SSSR count). The predicted octanol–water partition coefficient (Wildman–Crippen LogP) is 3.04. The van der Waals surface area contributed by atoms with Gasteiger partial charge in [-0.25, -0.2) is 8.42 Å². The van der Waals surface area contributed by atoms with Crippen LogP contribution in [0.2, 0.25) is 0 Å². The zero-order valence-electron chi connectivity index (χ0n) is 16.5. The quantitative estimate of drug-likeness (QED) is 0.808. The van der Waals surface area contributed by atoms with E-state index in [0.29, 0.717) is 18.7 Å². The van der Waals surface area contributed by atoms with E-state index >= 15 is 0 Å². The summed E-state index contributed by atoms with van der Waals surface area (Å²) >= 11 is 0. The molecular formula is C21H27N3O3S. The van der Waals surface area contributed by atoms with Crippen LogP contribution >= 0.6 is 0 Å². The third-order valence-electron chi connectivity index (χ3n) is 5.11. The number of hydrogen-bond donors (Lipinski definition) is 1. The Morgan fingerprint density at radius 3 is 2.54 bits per heavy atom. The highest BCUT2D eigenvalue weighted by Crippen LogP contribution is 2.21. The Morgan fingerprint density at radius 1 is 1.14 bits per heavy atom. The molecule has 1 saturated heterocycles. The third kappa shape index (κ3) is 4.36. The molecule has 2 aromatic rings. The first kappa shape index (κ1) is 20.4. The second kappa shape index (κ2) is 8.32. The summed E-state index contributed by atoms with van der Waals surface area (Å²) in [6.07, 6.45) is 0.856. The second-order valence-electron chi connectivity index (χ2n) is 7.39. The topological polar surface area (TPSA) is 69.7 Å². The van der Waals surface area contributed by atoms with Crippen LogP contribution < -0.4 is 5.32 Å². The molecule has 1 aliphatic heterocycles. The number of nitrogens with one attached hydrogen (secondary N) is 1. The summed E-state index contributed by atoms with van der Waals surface area (Å²) in [6, 6.07) is 16.3. The lowest BCUT2D eigenvalue weighted by Gasteiger charge is -2.22. The molecule has 0 aliphatic carbocycles. The molecule has 1 fully saturated rings. The van der Waals surface area contributed by atoms with Crippen molar-refractivity contribution < 1.29 is 13.2 Å². The molecule has 1 amide bonds. The van der Waals surface area contributed by atoms with Crippen molar-refractivity contribution in [1.82, 2.24) is 9.21 Å². The highest BCUT2D eigenvalue weighted by molar-refractivity contribution is 7.89. The van der Waals surface area contributed by atoms with Gasteiger partial charge >= 0.3 is 0 Å². The zero-order valence-corrected chi connectivity index (χ0v) is 17.3. The molecule has 1 N–H and O–H groups in total. The summed E-state index contributed by atoms with van der Waals surface area (Å²) in [6.45, 7) is 4.87. The van der Waals surface area contributed by atoms with E-state index in [-0.39, 0.29) is 22.9 Å². The van der Waals surface area contributed by atoms with Crippen molar-refractivity contribution in [3.8, 4) is 0 Å². The van der Waals surface area contributed by atoms with Crippen molar-refractivity contribution in [2.45, 2.75) is 37.2 Å². The van der Waals surface area contributed by atoms with Gasteiger partial charge in [0.25, 0.3) is 5.91 Å². The van der Waals surface area contributed by atoms with Crippen LogP contribution in [0.4, 0.5) is 5.69 Å². The van der Waals surface area contributed by atoms with Gasteiger partial charge < -0.3 is 10.2 Å². The summed E-state index contributed by atoms with van der Waals surface area (Å²) in [7, 11) is -2.07. The molecule has 0 bridgehead atoms. The molecule has 150 valence electrons. The normalized spacial score (nSPS) is 17.3. The van der Waals surface area contributed by atoms with Crippen LogP contribution in [0.1, 0.15) is 30.6 Å². The van der Waals surface area contributed by atoms with E-state index in [2.05, 4.69) is 5.32 Å². The predicted molar refractivity (Wildman–Crippen MR) is 111 cm³/mol. The number of sulfonamides is 1. The van der Waals surface area contributed by atoms with Crippen LogP contribution in [0.5, 0.6) is 0 Å². The minimum absolute atomic E-state index is 0.137. The summed E-state index contributed by atoms with van der Waals surface area (Å²) in [5.41, 5.74) is 1.44. The summed E-state index contributed by atoms with van der Waals surface area (Å²) in [5, 5.41) is 3.44. The van der Waals surface area contributed by atoms with Gasteiger partial charge in [-0.15, -0.1) is 0 Å². The number of carbonyl (C=O) groups excluding carboxylic acids is 1. The van der Waals surface area contributed by atoms with Crippen LogP contribution in [0.15, 0.2) is 59.5 Å². The van der Waals surface area contributed by atoms with Crippen molar-refractivity contribution in [3.05, 3.63) is 60.2 Å². The first-order chi connectivity index (χ1) is 13.3. The molecule has 7 heteroatoms. The summed E-state index contributed by atoms with van der Waals surface area (Å²) in [4.78, 5) is 14.8. The van der Waals surface area contributed by atoms with Crippen molar-refractivity contribution in [2.24, 2.45) is 0 Å². The lowest BCUT2D eigenvalue weighted by molar-refractivity contribution is 0.0791. The van der Waals surface area contributed by atoms with Gasteiger partial charge in [-0.2, -0.15) is 4.31 Å². The fourth-order valence-electron chi connectivity index (χ4n) is 3.25. The first-order valence-electron chi connectivity index (χ1n) is 9.48. The maximum absolute atomic E-state index is 12.9. The summed E-state index contributed by atoms with van der Waals surface area (Å²) in [5.74, 6) is -0.137. The van der Waals surface area contributed by atoms with Crippen LogP contribution in [0.3, 0.4) is 0 Å². The van der Waals surface area contributed by atoms with E-state index in [1.54, 1.807) is 24.1 Å². The van der Waals surface area contributed by atoms with E-state index in [1.165, 1.54) is 16.4 Å². The van der Waals surface area contributed by atoms with Crippen LogP contribution in [-0.2, 0) is 10.0 Å². The highest BCUT2D eigenvalue weighted by Gasteiger charge is 2.28. The fraction of sp³-hybridized carbons (Fsp3) is 0.381. The molecular weight excluding hydrogens is 374 g/mol.